The highest BCUT2D eigenvalue weighted by atomic mass is 16.5. The number of rotatable bonds is 7. The number of hydrogen-bond acceptors (Lipinski definition) is 3. The monoisotopic (exact) mass is 262 g/mol. The van der Waals surface area contributed by atoms with Gasteiger partial charge in [0, 0.05) is 18.7 Å². The van der Waals surface area contributed by atoms with E-state index >= 15 is 0 Å². The number of ether oxygens (including phenoxy) is 1. The molecule has 3 atom stereocenters. The van der Waals surface area contributed by atoms with Crippen LogP contribution in [0.2, 0.25) is 0 Å². The van der Waals surface area contributed by atoms with Gasteiger partial charge in [-0.05, 0) is 44.2 Å². The molecule has 1 aromatic rings. The van der Waals surface area contributed by atoms with Crippen LogP contribution in [0.1, 0.15) is 37.8 Å². The van der Waals surface area contributed by atoms with Crippen molar-refractivity contribution < 1.29 is 4.74 Å². The zero-order chi connectivity index (χ0) is 13.5. The third-order valence-electron chi connectivity index (χ3n) is 4.06. The average molecular weight is 262 g/mol. The van der Waals surface area contributed by atoms with Crippen LogP contribution in [0.3, 0.4) is 0 Å². The fraction of sp³-hybridized carbons (Fsp3) is 0.625. The third-order valence-corrected chi connectivity index (χ3v) is 4.06. The Morgan fingerprint density at radius 2 is 2.16 bits per heavy atom. The van der Waals surface area contributed by atoms with E-state index in [0.29, 0.717) is 12.0 Å². The Bertz CT molecular complexity index is 349. The lowest BCUT2D eigenvalue weighted by atomic mass is 10.00. The predicted octanol–water partition coefficient (Wildman–Crippen LogP) is 2.48. The molecule has 0 aromatic heterocycles. The zero-order valence-corrected chi connectivity index (χ0v) is 11.8. The Hall–Kier alpha value is -0.900. The second-order valence-corrected chi connectivity index (χ2v) is 5.53. The molecule has 0 aliphatic carbocycles. The Morgan fingerprint density at radius 1 is 1.37 bits per heavy atom. The molecule has 1 aliphatic rings. The molecule has 2 rings (SSSR count). The van der Waals surface area contributed by atoms with Gasteiger partial charge in [-0.15, -0.1) is 0 Å². The first kappa shape index (κ1) is 14.5. The van der Waals surface area contributed by atoms with Crippen molar-refractivity contribution in [1.82, 2.24) is 5.32 Å². The van der Waals surface area contributed by atoms with E-state index in [1.54, 1.807) is 0 Å². The highest BCUT2D eigenvalue weighted by Crippen LogP contribution is 2.17. The van der Waals surface area contributed by atoms with Crippen molar-refractivity contribution in [1.29, 1.82) is 0 Å². The van der Waals surface area contributed by atoms with E-state index in [-0.39, 0.29) is 6.04 Å². The summed E-state index contributed by atoms with van der Waals surface area (Å²) in [6, 6.07) is 11.1. The summed E-state index contributed by atoms with van der Waals surface area (Å²) in [5, 5.41) is 3.60. The first-order valence-corrected chi connectivity index (χ1v) is 7.39. The maximum absolute atomic E-state index is 6.19. The minimum absolute atomic E-state index is 0.160. The van der Waals surface area contributed by atoms with Gasteiger partial charge in [-0.25, -0.2) is 0 Å². The smallest absolute Gasteiger partial charge is 0.0509 e. The van der Waals surface area contributed by atoms with Crippen LogP contribution in [0.15, 0.2) is 30.3 Å². The predicted molar refractivity (Wildman–Crippen MR) is 79.0 cm³/mol. The number of nitrogens with two attached hydrogens (primary N) is 1. The number of nitrogens with one attached hydrogen (secondary N) is 1. The quantitative estimate of drug-likeness (QED) is 0.742. The molecule has 0 radical (unpaired) electrons. The van der Waals surface area contributed by atoms with Crippen LogP contribution in [0.4, 0.5) is 0 Å². The summed E-state index contributed by atoms with van der Waals surface area (Å²) in [5.41, 5.74) is 7.42. The molecule has 0 amide bonds. The molecule has 19 heavy (non-hydrogen) atoms. The van der Waals surface area contributed by atoms with Crippen molar-refractivity contribution in [3.05, 3.63) is 35.9 Å². The molecule has 106 valence electrons. The van der Waals surface area contributed by atoms with Gasteiger partial charge in [0.05, 0.1) is 6.61 Å². The van der Waals surface area contributed by atoms with E-state index in [2.05, 4.69) is 36.5 Å². The summed E-state index contributed by atoms with van der Waals surface area (Å²) >= 11 is 0. The summed E-state index contributed by atoms with van der Waals surface area (Å²) in [6.07, 6.45) is 3.34. The van der Waals surface area contributed by atoms with E-state index in [1.807, 2.05) is 6.07 Å². The maximum atomic E-state index is 6.19. The van der Waals surface area contributed by atoms with Gasteiger partial charge in [0.1, 0.15) is 0 Å². The van der Waals surface area contributed by atoms with Gasteiger partial charge in [-0.2, -0.15) is 0 Å². The van der Waals surface area contributed by atoms with E-state index in [4.69, 9.17) is 10.5 Å². The summed E-state index contributed by atoms with van der Waals surface area (Å²) in [7, 11) is 0. The van der Waals surface area contributed by atoms with E-state index in [0.717, 1.165) is 32.6 Å². The van der Waals surface area contributed by atoms with Crippen LogP contribution in [0.25, 0.3) is 0 Å². The first-order valence-electron chi connectivity index (χ1n) is 7.39. The fourth-order valence-corrected chi connectivity index (χ4v) is 2.63. The number of benzene rings is 1. The molecule has 0 bridgehead atoms. The molecule has 3 heteroatoms. The van der Waals surface area contributed by atoms with Gasteiger partial charge in [0.2, 0.25) is 0 Å². The maximum Gasteiger partial charge on any atom is 0.0509 e. The Balaban J connectivity index is 1.61. The highest BCUT2D eigenvalue weighted by molar-refractivity contribution is 5.18. The fourth-order valence-electron chi connectivity index (χ4n) is 2.63. The standard InChI is InChI=1S/C16H26N2O/c1-13(15-9-11-19-12-15)18-10-5-8-16(17)14-6-3-2-4-7-14/h2-4,6-7,13,15-16,18H,5,8-12,17H2,1H3. The topological polar surface area (TPSA) is 47.3 Å². The van der Waals surface area contributed by atoms with Crippen LogP contribution in [0, 0.1) is 5.92 Å². The van der Waals surface area contributed by atoms with Crippen LogP contribution in [0.5, 0.6) is 0 Å². The molecule has 0 saturated carbocycles. The molecule has 1 aromatic carbocycles. The van der Waals surface area contributed by atoms with Crippen LogP contribution in [-0.4, -0.2) is 25.8 Å². The molecule has 1 heterocycles. The van der Waals surface area contributed by atoms with E-state index < -0.39 is 0 Å². The second-order valence-electron chi connectivity index (χ2n) is 5.53. The van der Waals surface area contributed by atoms with Crippen molar-refractivity contribution in [2.75, 3.05) is 19.8 Å². The lowest BCUT2D eigenvalue weighted by Gasteiger charge is -2.20. The first-order chi connectivity index (χ1) is 9.27. The van der Waals surface area contributed by atoms with Gasteiger partial charge in [0.15, 0.2) is 0 Å². The molecule has 3 N–H and O–H groups in total. The van der Waals surface area contributed by atoms with Gasteiger partial charge in [-0.1, -0.05) is 30.3 Å². The minimum Gasteiger partial charge on any atom is -0.381 e. The summed E-state index contributed by atoms with van der Waals surface area (Å²) in [5.74, 6) is 0.683. The molecule has 1 saturated heterocycles. The lowest BCUT2D eigenvalue weighted by molar-refractivity contribution is 0.178. The molecule has 0 spiro atoms. The molecular formula is C16H26N2O. The van der Waals surface area contributed by atoms with Crippen LogP contribution < -0.4 is 11.1 Å². The van der Waals surface area contributed by atoms with Gasteiger partial charge < -0.3 is 15.8 Å². The van der Waals surface area contributed by atoms with Crippen molar-refractivity contribution in [2.45, 2.75) is 38.3 Å². The molecule has 3 unspecified atom stereocenters. The Morgan fingerprint density at radius 3 is 2.84 bits per heavy atom. The van der Waals surface area contributed by atoms with Gasteiger partial charge in [0.25, 0.3) is 0 Å². The molecule has 1 fully saturated rings. The van der Waals surface area contributed by atoms with Crippen molar-refractivity contribution in [2.24, 2.45) is 11.7 Å². The summed E-state index contributed by atoms with van der Waals surface area (Å²) in [6.45, 7) is 5.14. The largest absolute Gasteiger partial charge is 0.381 e. The Kier molecular flexibility index (Phi) is 5.83. The normalized spacial score (nSPS) is 22.3. The average Bonchev–Trinajstić information content (AvgIpc) is 2.98. The van der Waals surface area contributed by atoms with E-state index in [1.165, 1.54) is 12.0 Å². The molecule has 1 aliphatic heterocycles. The second kappa shape index (κ2) is 7.63. The van der Waals surface area contributed by atoms with Gasteiger partial charge in [-0.3, -0.25) is 0 Å². The van der Waals surface area contributed by atoms with Crippen molar-refractivity contribution in [3.8, 4) is 0 Å². The molecular weight excluding hydrogens is 236 g/mol. The summed E-state index contributed by atoms with van der Waals surface area (Å²) in [4.78, 5) is 0. The summed E-state index contributed by atoms with van der Waals surface area (Å²) < 4.78 is 5.42. The Labute approximate surface area is 116 Å². The minimum atomic E-state index is 0.160. The van der Waals surface area contributed by atoms with Crippen LogP contribution >= 0.6 is 0 Å². The molecule has 3 nitrogen and oxygen atoms in total. The van der Waals surface area contributed by atoms with E-state index in [9.17, 15) is 0 Å². The lowest BCUT2D eigenvalue weighted by Crippen LogP contribution is -2.34. The number of hydrogen-bond donors (Lipinski definition) is 2. The van der Waals surface area contributed by atoms with Crippen molar-refractivity contribution >= 4 is 0 Å². The third kappa shape index (κ3) is 4.60. The zero-order valence-electron chi connectivity index (χ0n) is 11.8. The van der Waals surface area contributed by atoms with Gasteiger partial charge >= 0.3 is 0 Å². The SMILES string of the molecule is CC(NCCCC(N)c1ccccc1)C1CCOC1. The van der Waals surface area contributed by atoms with Crippen molar-refractivity contribution in [3.63, 3.8) is 0 Å². The van der Waals surface area contributed by atoms with Crippen LogP contribution in [-0.2, 0) is 4.74 Å². The highest BCUT2D eigenvalue weighted by Gasteiger charge is 2.21.